The minimum absolute atomic E-state index is 0.0388. The van der Waals surface area contributed by atoms with Crippen molar-refractivity contribution in [1.29, 1.82) is 0 Å². The van der Waals surface area contributed by atoms with Crippen molar-refractivity contribution >= 4 is 21.7 Å². The summed E-state index contributed by atoms with van der Waals surface area (Å²) in [6.45, 7) is 1.05. The first kappa shape index (κ1) is 16.9. The van der Waals surface area contributed by atoms with E-state index in [-0.39, 0.29) is 35.3 Å². The third-order valence-corrected chi connectivity index (χ3v) is 6.41. The fourth-order valence-corrected chi connectivity index (χ4v) is 4.92. The van der Waals surface area contributed by atoms with E-state index in [1.165, 1.54) is 0 Å². The minimum atomic E-state index is -3.00. The molecule has 2 amide bonds. The number of amides is 2. The van der Waals surface area contributed by atoms with Crippen molar-refractivity contribution in [3.8, 4) is 0 Å². The summed E-state index contributed by atoms with van der Waals surface area (Å²) in [4.78, 5) is 30.3. The van der Waals surface area contributed by atoms with Crippen molar-refractivity contribution in [3.63, 3.8) is 0 Å². The van der Waals surface area contributed by atoms with Crippen LogP contribution in [0.5, 0.6) is 0 Å². The van der Waals surface area contributed by atoms with Gasteiger partial charge in [-0.15, -0.1) is 0 Å². The van der Waals surface area contributed by atoms with Gasteiger partial charge in [0.1, 0.15) is 0 Å². The Hall–Kier alpha value is -1.96. The highest BCUT2D eigenvalue weighted by atomic mass is 32.2. The number of hydrogen-bond acceptors (Lipinski definition) is 5. The first-order chi connectivity index (χ1) is 11.4. The quantitative estimate of drug-likeness (QED) is 0.841. The molecule has 130 valence electrons. The number of sulfone groups is 1. The van der Waals surface area contributed by atoms with E-state index in [0.717, 1.165) is 0 Å². The van der Waals surface area contributed by atoms with Gasteiger partial charge >= 0.3 is 0 Å². The van der Waals surface area contributed by atoms with Crippen LogP contribution in [0, 0.1) is 5.92 Å². The highest BCUT2D eigenvalue weighted by Crippen LogP contribution is 2.20. The molecule has 1 unspecified atom stereocenters. The Morgan fingerprint density at radius 3 is 2.54 bits per heavy atom. The second-order valence-electron chi connectivity index (χ2n) is 6.42. The van der Waals surface area contributed by atoms with Gasteiger partial charge in [0, 0.05) is 37.4 Å². The summed E-state index contributed by atoms with van der Waals surface area (Å²) >= 11 is 0. The molecule has 7 nitrogen and oxygen atoms in total. The van der Waals surface area contributed by atoms with Crippen LogP contribution in [-0.4, -0.2) is 60.8 Å². The second-order valence-corrected chi connectivity index (χ2v) is 8.65. The molecule has 0 spiro atoms. The molecule has 0 aromatic carbocycles. The standard InChI is InChI=1S/C16H21N3O4S/c20-15(18-14-5-9-24(22,23)11-14)12-3-7-19(8-4-12)16(21)13-2-1-6-17-10-13/h1-2,6,10,12,14H,3-5,7-9,11H2,(H,18,20). The monoisotopic (exact) mass is 351 g/mol. The van der Waals surface area contributed by atoms with E-state index < -0.39 is 9.84 Å². The number of likely N-dealkylation sites (tertiary alicyclic amines) is 1. The van der Waals surface area contributed by atoms with Crippen LogP contribution in [0.3, 0.4) is 0 Å². The van der Waals surface area contributed by atoms with Crippen molar-refractivity contribution in [2.45, 2.75) is 25.3 Å². The van der Waals surface area contributed by atoms with Gasteiger partial charge in [-0.3, -0.25) is 14.6 Å². The van der Waals surface area contributed by atoms with E-state index in [1.807, 2.05) is 0 Å². The summed E-state index contributed by atoms with van der Waals surface area (Å²) in [6, 6.07) is 3.19. The maximum absolute atomic E-state index is 12.3. The Labute approximate surface area is 141 Å². The maximum Gasteiger partial charge on any atom is 0.255 e. The molecular weight excluding hydrogens is 330 g/mol. The molecule has 24 heavy (non-hydrogen) atoms. The first-order valence-electron chi connectivity index (χ1n) is 8.15. The van der Waals surface area contributed by atoms with E-state index in [4.69, 9.17) is 0 Å². The topological polar surface area (TPSA) is 96.4 Å². The highest BCUT2D eigenvalue weighted by Gasteiger charge is 2.32. The Balaban J connectivity index is 1.50. The third kappa shape index (κ3) is 3.92. The van der Waals surface area contributed by atoms with Crippen LogP contribution in [0.15, 0.2) is 24.5 Å². The van der Waals surface area contributed by atoms with Crippen molar-refractivity contribution < 1.29 is 18.0 Å². The van der Waals surface area contributed by atoms with Gasteiger partial charge in [0.05, 0.1) is 17.1 Å². The molecule has 1 N–H and O–H groups in total. The lowest BCUT2D eigenvalue weighted by Crippen LogP contribution is -2.45. The highest BCUT2D eigenvalue weighted by molar-refractivity contribution is 7.91. The van der Waals surface area contributed by atoms with Crippen LogP contribution in [0.2, 0.25) is 0 Å². The van der Waals surface area contributed by atoms with E-state index in [9.17, 15) is 18.0 Å². The van der Waals surface area contributed by atoms with Crippen LogP contribution >= 0.6 is 0 Å². The smallest absolute Gasteiger partial charge is 0.255 e. The summed E-state index contributed by atoms with van der Waals surface area (Å²) < 4.78 is 22.9. The fraction of sp³-hybridized carbons (Fsp3) is 0.562. The molecule has 0 radical (unpaired) electrons. The lowest BCUT2D eigenvalue weighted by Gasteiger charge is -2.31. The van der Waals surface area contributed by atoms with Gasteiger partial charge in [-0.2, -0.15) is 0 Å². The van der Waals surface area contributed by atoms with Crippen LogP contribution in [0.25, 0.3) is 0 Å². The minimum Gasteiger partial charge on any atom is -0.352 e. The fourth-order valence-electron chi connectivity index (χ4n) is 3.24. The summed E-state index contributed by atoms with van der Waals surface area (Å²) in [5, 5.41) is 2.85. The second kappa shape index (κ2) is 6.88. The molecule has 2 aliphatic rings. The SMILES string of the molecule is O=C(NC1CCS(=O)(=O)C1)C1CCN(C(=O)c2cccnc2)CC1. The number of carbonyl (C=O) groups is 2. The maximum atomic E-state index is 12.3. The third-order valence-electron chi connectivity index (χ3n) is 4.64. The molecule has 2 aliphatic heterocycles. The zero-order valence-corrected chi connectivity index (χ0v) is 14.2. The molecule has 0 aliphatic carbocycles. The Morgan fingerprint density at radius 1 is 1.21 bits per heavy atom. The van der Waals surface area contributed by atoms with Gasteiger partial charge in [-0.05, 0) is 31.4 Å². The molecule has 0 saturated carbocycles. The molecule has 0 bridgehead atoms. The first-order valence-corrected chi connectivity index (χ1v) is 9.97. The normalized spacial score (nSPS) is 23.8. The van der Waals surface area contributed by atoms with Gasteiger partial charge in [0.25, 0.3) is 5.91 Å². The summed E-state index contributed by atoms with van der Waals surface area (Å²) in [7, 11) is -3.00. The van der Waals surface area contributed by atoms with Crippen LogP contribution in [0.4, 0.5) is 0 Å². The van der Waals surface area contributed by atoms with Crippen LogP contribution < -0.4 is 5.32 Å². The molecule has 1 aromatic rings. The number of nitrogens with one attached hydrogen (secondary N) is 1. The molecule has 1 atom stereocenters. The lowest BCUT2D eigenvalue weighted by molar-refractivity contribution is -0.126. The Bertz CT molecular complexity index is 712. The van der Waals surface area contributed by atoms with Gasteiger partial charge < -0.3 is 10.2 Å². The molecular formula is C16H21N3O4S. The zero-order chi connectivity index (χ0) is 17.2. The lowest BCUT2D eigenvalue weighted by atomic mass is 9.95. The average Bonchev–Trinajstić information content (AvgIpc) is 2.93. The Kier molecular flexibility index (Phi) is 4.84. The number of piperidine rings is 1. The van der Waals surface area contributed by atoms with Gasteiger partial charge in [-0.25, -0.2) is 8.42 Å². The summed E-state index contributed by atoms with van der Waals surface area (Å²) in [5.41, 5.74) is 0.552. The van der Waals surface area contributed by atoms with Crippen molar-refractivity contribution in [2.75, 3.05) is 24.6 Å². The number of pyridine rings is 1. The summed E-state index contributed by atoms with van der Waals surface area (Å²) in [5.74, 6) is -0.131. The molecule has 8 heteroatoms. The molecule has 3 heterocycles. The molecule has 1 aromatic heterocycles. The largest absolute Gasteiger partial charge is 0.352 e. The number of carbonyl (C=O) groups excluding carboxylic acids is 2. The summed E-state index contributed by atoms with van der Waals surface area (Å²) in [6.07, 6.45) is 4.85. The van der Waals surface area contributed by atoms with Crippen molar-refractivity contribution in [1.82, 2.24) is 15.2 Å². The zero-order valence-electron chi connectivity index (χ0n) is 13.3. The van der Waals surface area contributed by atoms with Gasteiger partial charge in [0.15, 0.2) is 9.84 Å². The average molecular weight is 351 g/mol. The predicted molar refractivity (Wildman–Crippen MR) is 88.1 cm³/mol. The van der Waals surface area contributed by atoms with Gasteiger partial charge in [0.2, 0.25) is 5.91 Å². The van der Waals surface area contributed by atoms with E-state index in [0.29, 0.717) is 37.9 Å². The van der Waals surface area contributed by atoms with E-state index in [2.05, 4.69) is 10.3 Å². The van der Waals surface area contributed by atoms with E-state index in [1.54, 1.807) is 29.4 Å². The molecule has 2 fully saturated rings. The van der Waals surface area contributed by atoms with Crippen molar-refractivity contribution in [2.24, 2.45) is 5.92 Å². The predicted octanol–water partition coefficient (Wildman–Crippen LogP) is 0.237. The van der Waals surface area contributed by atoms with Crippen LogP contribution in [-0.2, 0) is 14.6 Å². The Morgan fingerprint density at radius 2 is 1.96 bits per heavy atom. The number of rotatable bonds is 3. The number of nitrogens with zero attached hydrogens (tertiary/aromatic N) is 2. The molecule has 2 saturated heterocycles. The van der Waals surface area contributed by atoms with Crippen LogP contribution in [0.1, 0.15) is 29.6 Å². The molecule has 3 rings (SSSR count). The number of aromatic nitrogens is 1. The van der Waals surface area contributed by atoms with Crippen molar-refractivity contribution in [3.05, 3.63) is 30.1 Å². The van der Waals surface area contributed by atoms with E-state index >= 15 is 0 Å². The van der Waals surface area contributed by atoms with Gasteiger partial charge in [-0.1, -0.05) is 0 Å². The number of hydrogen-bond donors (Lipinski definition) is 1.